The van der Waals surface area contributed by atoms with Gasteiger partial charge in [0.2, 0.25) is 0 Å². The molecule has 0 spiro atoms. The summed E-state index contributed by atoms with van der Waals surface area (Å²) in [6.45, 7) is 7.95. The number of rotatable bonds is 7. The molecule has 2 fully saturated rings. The summed E-state index contributed by atoms with van der Waals surface area (Å²) >= 11 is 0. The first kappa shape index (κ1) is 21.8. The largest absolute Gasteiger partial charge is 0.494 e. The lowest BCUT2D eigenvalue weighted by molar-refractivity contribution is 0.0358. The van der Waals surface area contributed by atoms with Crippen LogP contribution in [-0.2, 0) is 4.74 Å². The van der Waals surface area contributed by atoms with Gasteiger partial charge >= 0.3 is 0 Å². The second-order valence-corrected chi connectivity index (χ2v) is 9.71. The van der Waals surface area contributed by atoms with Gasteiger partial charge in [-0.25, -0.2) is 4.98 Å². The fraction of sp³-hybridized carbons (Fsp3) is 0.464. The van der Waals surface area contributed by atoms with Crippen LogP contribution in [0.4, 0.5) is 0 Å². The van der Waals surface area contributed by atoms with E-state index in [4.69, 9.17) is 9.47 Å². The Labute approximate surface area is 202 Å². The zero-order valence-electron chi connectivity index (χ0n) is 19.8. The van der Waals surface area contributed by atoms with Crippen LogP contribution in [-0.4, -0.2) is 71.9 Å². The van der Waals surface area contributed by atoms with Crippen molar-refractivity contribution in [1.82, 2.24) is 19.4 Å². The van der Waals surface area contributed by atoms with E-state index < -0.39 is 0 Å². The highest BCUT2D eigenvalue weighted by atomic mass is 16.5. The molecule has 3 aliphatic heterocycles. The van der Waals surface area contributed by atoms with E-state index in [1.165, 1.54) is 36.1 Å². The van der Waals surface area contributed by atoms with Crippen molar-refractivity contribution in [2.75, 3.05) is 52.5 Å². The number of ether oxygens (including phenoxy) is 2. The minimum atomic E-state index is 0.400. The Kier molecular flexibility index (Phi) is 6.36. The molecule has 0 saturated carbocycles. The number of aromatic nitrogens is 2. The van der Waals surface area contributed by atoms with Crippen molar-refractivity contribution >= 4 is 0 Å². The molecule has 178 valence electrons. The van der Waals surface area contributed by atoms with Crippen molar-refractivity contribution < 1.29 is 9.47 Å². The van der Waals surface area contributed by atoms with Crippen LogP contribution in [0.5, 0.6) is 5.75 Å². The highest BCUT2D eigenvalue weighted by Gasteiger charge is 2.36. The molecule has 0 bridgehead atoms. The first-order valence-corrected chi connectivity index (χ1v) is 12.7. The van der Waals surface area contributed by atoms with Gasteiger partial charge in [-0.1, -0.05) is 18.2 Å². The zero-order valence-corrected chi connectivity index (χ0v) is 19.8. The predicted octanol–water partition coefficient (Wildman–Crippen LogP) is 4.26. The topological polar surface area (TPSA) is 42.8 Å². The molecule has 0 unspecified atom stereocenters. The molecule has 4 heterocycles. The van der Waals surface area contributed by atoms with Crippen molar-refractivity contribution in [3.8, 4) is 11.4 Å². The molecule has 3 aliphatic rings. The second kappa shape index (κ2) is 9.90. The lowest BCUT2D eigenvalue weighted by atomic mass is 9.81. The van der Waals surface area contributed by atoms with Crippen LogP contribution in [0.3, 0.4) is 0 Å². The Balaban J connectivity index is 1.18. The van der Waals surface area contributed by atoms with Gasteiger partial charge in [-0.15, -0.1) is 0 Å². The summed E-state index contributed by atoms with van der Waals surface area (Å²) in [6, 6.07) is 16.4. The molecular weight excluding hydrogens is 424 g/mol. The van der Waals surface area contributed by atoms with E-state index in [0.717, 1.165) is 63.9 Å². The van der Waals surface area contributed by atoms with Crippen LogP contribution >= 0.6 is 0 Å². The van der Waals surface area contributed by atoms with E-state index in [1.807, 2.05) is 18.7 Å². The highest BCUT2D eigenvalue weighted by molar-refractivity contribution is 5.48. The fourth-order valence-electron chi connectivity index (χ4n) is 5.86. The molecular formula is C28H34N4O2. The minimum absolute atomic E-state index is 0.400. The normalized spacial score (nSPS) is 22.9. The summed E-state index contributed by atoms with van der Waals surface area (Å²) in [7, 11) is 0. The minimum Gasteiger partial charge on any atom is -0.494 e. The van der Waals surface area contributed by atoms with Crippen molar-refractivity contribution in [3.63, 3.8) is 0 Å². The first-order valence-electron chi connectivity index (χ1n) is 12.7. The third-order valence-corrected chi connectivity index (χ3v) is 7.66. The number of benzene rings is 2. The number of morpholine rings is 1. The van der Waals surface area contributed by atoms with Gasteiger partial charge in [0, 0.05) is 56.2 Å². The van der Waals surface area contributed by atoms with Gasteiger partial charge in [0.05, 0.1) is 26.1 Å². The summed E-state index contributed by atoms with van der Waals surface area (Å²) < 4.78 is 13.7. The summed E-state index contributed by atoms with van der Waals surface area (Å²) in [6.07, 6.45) is 9.24. The molecule has 1 aromatic heterocycles. The Morgan fingerprint density at radius 1 is 1.00 bits per heavy atom. The van der Waals surface area contributed by atoms with Crippen LogP contribution in [0.1, 0.15) is 47.9 Å². The van der Waals surface area contributed by atoms with E-state index in [1.54, 1.807) is 0 Å². The van der Waals surface area contributed by atoms with Gasteiger partial charge in [0.15, 0.2) is 0 Å². The Hall–Kier alpha value is -2.67. The molecule has 2 aromatic carbocycles. The predicted molar refractivity (Wildman–Crippen MR) is 133 cm³/mol. The summed E-state index contributed by atoms with van der Waals surface area (Å²) in [5.74, 6) is 1.42. The second-order valence-electron chi connectivity index (χ2n) is 9.71. The lowest BCUT2D eigenvalue weighted by Crippen LogP contribution is -2.37. The number of fused-ring (bicyclic) bond motifs is 3. The van der Waals surface area contributed by atoms with Crippen molar-refractivity contribution in [2.45, 2.75) is 31.2 Å². The van der Waals surface area contributed by atoms with E-state index in [2.05, 4.69) is 61.8 Å². The van der Waals surface area contributed by atoms with Gasteiger partial charge in [-0.05, 0) is 66.8 Å². The summed E-state index contributed by atoms with van der Waals surface area (Å²) in [5.41, 5.74) is 5.48. The molecule has 6 nitrogen and oxygen atoms in total. The number of imidazole rings is 1. The van der Waals surface area contributed by atoms with E-state index in [0.29, 0.717) is 12.0 Å². The zero-order chi connectivity index (χ0) is 22.7. The lowest BCUT2D eigenvalue weighted by Gasteiger charge is -2.37. The van der Waals surface area contributed by atoms with Crippen LogP contribution in [0.15, 0.2) is 61.2 Å². The van der Waals surface area contributed by atoms with Gasteiger partial charge in [0.1, 0.15) is 5.75 Å². The van der Waals surface area contributed by atoms with Crippen molar-refractivity contribution in [3.05, 3.63) is 77.9 Å². The number of hydrogen-bond donors (Lipinski definition) is 0. The number of hydrogen-bond acceptors (Lipinski definition) is 5. The summed E-state index contributed by atoms with van der Waals surface area (Å²) in [4.78, 5) is 9.32. The van der Waals surface area contributed by atoms with Crippen LogP contribution in [0, 0.1) is 0 Å². The smallest absolute Gasteiger partial charge is 0.119 e. The Morgan fingerprint density at radius 2 is 1.88 bits per heavy atom. The average Bonchev–Trinajstić information content (AvgIpc) is 3.59. The molecule has 0 N–H and O–H groups in total. The molecule has 2 saturated heterocycles. The summed E-state index contributed by atoms with van der Waals surface area (Å²) in [5, 5.41) is 0. The van der Waals surface area contributed by atoms with Crippen LogP contribution < -0.4 is 4.74 Å². The Morgan fingerprint density at radius 3 is 2.71 bits per heavy atom. The highest BCUT2D eigenvalue weighted by Crippen LogP contribution is 2.45. The third-order valence-electron chi connectivity index (χ3n) is 7.66. The quantitative estimate of drug-likeness (QED) is 0.495. The van der Waals surface area contributed by atoms with Gasteiger partial charge in [0.25, 0.3) is 0 Å². The maximum atomic E-state index is 6.22. The SMILES string of the molecule is c1cn(-c2ccc([C@H]3CN4CCC[C@@H]4c4cc(OCCCN5CCOCC5)ccc43)cc2)cn1. The standard InChI is InChI=1S/C28H34N4O2/c1-3-28-26-19-24(34-16-2-11-30-14-17-33-18-15-30)8-9-25(26)27(20-31(28)12-1)22-4-6-23(7-5-22)32-13-10-29-21-32/h4-10,13,19,21,27-28H,1-3,11-12,14-18,20H2/t27-,28-/m1/s1. The van der Waals surface area contributed by atoms with Crippen LogP contribution in [0.25, 0.3) is 5.69 Å². The van der Waals surface area contributed by atoms with E-state index >= 15 is 0 Å². The molecule has 2 atom stereocenters. The molecule has 0 amide bonds. The van der Waals surface area contributed by atoms with Crippen molar-refractivity contribution in [2.24, 2.45) is 0 Å². The van der Waals surface area contributed by atoms with Gasteiger partial charge < -0.3 is 14.0 Å². The molecule has 6 heteroatoms. The third kappa shape index (κ3) is 4.50. The molecule has 6 rings (SSSR count). The number of nitrogens with zero attached hydrogens (tertiary/aromatic N) is 4. The van der Waals surface area contributed by atoms with Gasteiger partial charge in [-0.2, -0.15) is 0 Å². The molecule has 34 heavy (non-hydrogen) atoms. The monoisotopic (exact) mass is 458 g/mol. The first-order chi connectivity index (χ1) is 16.8. The molecule has 0 radical (unpaired) electrons. The van der Waals surface area contributed by atoms with Gasteiger partial charge in [-0.3, -0.25) is 9.80 Å². The Bertz CT molecular complexity index is 1080. The maximum Gasteiger partial charge on any atom is 0.119 e. The van der Waals surface area contributed by atoms with Crippen molar-refractivity contribution in [1.29, 1.82) is 0 Å². The maximum absolute atomic E-state index is 6.22. The molecule has 3 aromatic rings. The van der Waals surface area contributed by atoms with E-state index in [9.17, 15) is 0 Å². The van der Waals surface area contributed by atoms with E-state index in [-0.39, 0.29) is 0 Å². The molecule has 0 aliphatic carbocycles. The van der Waals surface area contributed by atoms with Crippen LogP contribution in [0.2, 0.25) is 0 Å². The average molecular weight is 459 g/mol. The fourth-order valence-corrected chi connectivity index (χ4v) is 5.86.